The van der Waals surface area contributed by atoms with Crippen LogP contribution in [-0.4, -0.2) is 37.3 Å². The first kappa shape index (κ1) is 27.7. The number of aromatic nitrogens is 2. The van der Waals surface area contributed by atoms with Crippen LogP contribution >= 0.6 is 0 Å². The van der Waals surface area contributed by atoms with Gasteiger partial charge in [-0.05, 0) is 62.4 Å². The van der Waals surface area contributed by atoms with E-state index in [0.29, 0.717) is 43.7 Å². The fourth-order valence-corrected chi connectivity index (χ4v) is 5.73. The number of Topliss-reactive ketones (excluding diaryl/α,β-unsaturated/α-hetero) is 1. The first-order valence-corrected chi connectivity index (χ1v) is 15.1. The Kier molecular flexibility index (Phi) is 9.09. The Balaban J connectivity index is 1.79. The van der Waals surface area contributed by atoms with Crippen LogP contribution in [0.3, 0.4) is 0 Å². The third-order valence-corrected chi connectivity index (χ3v) is 8.08. The SMILES string of the molecule is [2H]C1([2H])CCCCCCN(CCCC(C)=O)c2cccc(n2)S(=O)(=O)Nc2ccc(C(F)(F)F)c(n2)-c2ccccc2C1. The molecule has 1 aliphatic rings. The number of pyridine rings is 2. The van der Waals surface area contributed by atoms with Crippen LogP contribution in [0, 0.1) is 0 Å². The van der Waals surface area contributed by atoms with E-state index in [9.17, 15) is 26.4 Å². The third-order valence-electron chi connectivity index (χ3n) is 6.82. The molecule has 0 saturated heterocycles. The van der Waals surface area contributed by atoms with Crippen LogP contribution in [0.5, 0.6) is 0 Å². The van der Waals surface area contributed by atoms with E-state index >= 15 is 0 Å². The molecule has 3 aromatic rings. The predicted molar refractivity (Wildman–Crippen MR) is 153 cm³/mol. The second-order valence-electron chi connectivity index (χ2n) is 10.1. The highest BCUT2D eigenvalue weighted by Gasteiger charge is 2.35. The molecular formula is C30H35F3N4O3S. The number of carbonyl (C=O) groups excluding carboxylic acids is 1. The molecule has 11 heteroatoms. The van der Waals surface area contributed by atoms with Gasteiger partial charge in [0.05, 0.1) is 11.3 Å². The van der Waals surface area contributed by atoms with Gasteiger partial charge in [0.15, 0.2) is 5.03 Å². The number of nitrogens with one attached hydrogen (secondary N) is 1. The highest BCUT2D eigenvalue weighted by Crippen LogP contribution is 2.38. The van der Waals surface area contributed by atoms with Crippen LogP contribution in [0.4, 0.5) is 24.8 Å². The smallest absolute Gasteiger partial charge is 0.357 e. The van der Waals surface area contributed by atoms with Crippen molar-refractivity contribution in [3.05, 3.63) is 65.7 Å². The van der Waals surface area contributed by atoms with E-state index < -0.39 is 33.8 Å². The van der Waals surface area contributed by atoms with E-state index in [1.807, 2.05) is 4.90 Å². The largest absolute Gasteiger partial charge is 0.418 e. The summed E-state index contributed by atoms with van der Waals surface area (Å²) in [5.41, 5.74) is -1.12. The molecule has 0 unspecified atom stereocenters. The summed E-state index contributed by atoms with van der Waals surface area (Å²) in [5.74, 6) is 0.116. The van der Waals surface area contributed by atoms with Crippen LogP contribution in [-0.2, 0) is 27.4 Å². The number of halogens is 3. The van der Waals surface area contributed by atoms with Crippen molar-refractivity contribution in [3.8, 4) is 11.3 Å². The Morgan fingerprint density at radius 1 is 1.00 bits per heavy atom. The maximum absolute atomic E-state index is 14.1. The summed E-state index contributed by atoms with van der Waals surface area (Å²) in [4.78, 5) is 21.9. The average molecular weight is 591 g/mol. The van der Waals surface area contributed by atoms with Gasteiger partial charge in [0.2, 0.25) is 0 Å². The summed E-state index contributed by atoms with van der Waals surface area (Å²) in [6.07, 6.45) is -2.56. The fraction of sp³-hybridized carbons (Fsp3) is 0.433. The molecule has 0 spiro atoms. The van der Waals surface area contributed by atoms with Crippen LogP contribution < -0.4 is 9.62 Å². The standard InChI is InChI=1S/C30H35F3N4O3S/c1-22(38)12-11-21-37-20-9-5-3-2-4-6-13-23-14-7-8-15-24(23)29-25(30(31,32)33)18-19-26(34-29)36-41(39,40)28-17-10-16-27(37)35-28/h7-8,10,14-19H,2-6,9,11-13,20-21H2,1H3,(H,34,36)/i6D2. The molecule has 220 valence electrons. The number of benzene rings is 1. The summed E-state index contributed by atoms with van der Waals surface area (Å²) in [7, 11) is -4.35. The van der Waals surface area contributed by atoms with Gasteiger partial charge in [-0.25, -0.2) is 9.97 Å². The van der Waals surface area contributed by atoms with Crippen LogP contribution in [0.2, 0.25) is 0 Å². The molecule has 2 aromatic heterocycles. The molecule has 4 bridgehead atoms. The number of anilines is 2. The van der Waals surface area contributed by atoms with Crippen LogP contribution in [0.15, 0.2) is 59.6 Å². The van der Waals surface area contributed by atoms with Crippen LogP contribution in [0.25, 0.3) is 11.3 Å². The van der Waals surface area contributed by atoms with Crippen molar-refractivity contribution in [2.45, 2.75) is 75.9 Å². The lowest BCUT2D eigenvalue weighted by Crippen LogP contribution is -2.28. The Morgan fingerprint density at radius 2 is 1.76 bits per heavy atom. The van der Waals surface area contributed by atoms with Gasteiger partial charge in [-0.2, -0.15) is 21.6 Å². The molecule has 1 aliphatic heterocycles. The van der Waals surface area contributed by atoms with Crippen molar-refractivity contribution in [3.63, 3.8) is 0 Å². The molecule has 0 saturated carbocycles. The Labute approximate surface area is 242 Å². The van der Waals surface area contributed by atoms with E-state index in [2.05, 4.69) is 14.7 Å². The number of carbonyl (C=O) groups is 1. The Bertz CT molecular complexity index is 1550. The molecule has 1 aromatic carbocycles. The number of ketones is 1. The first-order valence-electron chi connectivity index (χ1n) is 14.7. The molecule has 0 aliphatic carbocycles. The number of hydrogen-bond donors (Lipinski definition) is 1. The van der Waals surface area contributed by atoms with Gasteiger partial charge in [0.25, 0.3) is 10.0 Å². The Hall–Kier alpha value is -3.47. The molecule has 0 amide bonds. The number of sulfonamides is 1. The quantitative estimate of drug-likeness (QED) is 0.351. The van der Waals surface area contributed by atoms with Crippen molar-refractivity contribution in [1.82, 2.24) is 9.97 Å². The van der Waals surface area contributed by atoms with Gasteiger partial charge >= 0.3 is 6.18 Å². The lowest BCUT2D eigenvalue weighted by atomic mass is 9.96. The second kappa shape index (κ2) is 13.5. The second-order valence-corrected chi connectivity index (χ2v) is 11.7. The number of fused-ring (bicyclic) bond motifs is 6. The van der Waals surface area contributed by atoms with Crippen molar-refractivity contribution < 1.29 is 29.1 Å². The van der Waals surface area contributed by atoms with Gasteiger partial charge in [-0.15, -0.1) is 0 Å². The highest BCUT2D eigenvalue weighted by molar-refractivity contribution is 7.92. The maximum Gasteiger partial charge on any atom is 0.418 e. The predicted octanol–water partition coefficient (Wildman–Crippen LogP) is 7.04. The normalized spacial score (nSPS) is 18.4. The molecule has 0 atom stereocenters. The maximum atomic E-state index is 14.1. The summed E-state index contributed by atoms with van der Waals surface area (Å²) in [6, 6.07) is 12.4. The van der Waals surface area contributed by atoms with E-state index in [-0.39, 0.29) is 35.0 Å². The van der Waals surface area contributed by atoms with Gasteiger partial charge in [-0.3, -0.25) is 4.72 Å². The van der Waals surface area contributed by atoms with Crippen molar-refractivity contribution >= 4 is 27.4 Å². The molecule has 0 fully saturated rings. The average Bonchev–Trinajstić information content (AvgIpc) is 2.92. The summed E-state index contributed by atoms with van der Waals surface area (Å²) in [6.45, 7) is 2.55. The van der Waals surface area contributed by atoms with E-state index in [1.165, 1.54) is 19.1 Å². The summed E-state index contributed by atoms with van der Waals surface area (Å²) >= 11 is 0. The zero-order valence-corrected chi connectivity index (χ0v) is 23.7. The lowest BCUT2D eigenvalue weighted by Gasteiger charge is -2.24. The van der Waals surface area contributed by atoms with Gasteiger partial charge in [0.1, 0.15) is 17.4 Å². The molecule has 1 N–H and O–H groups in total. The van der Waals surface area contributed by atoms with E-state index in [1.54, 1.807) is 30.3 Å². The van der Waals surface area contributed by atoms with Crippen molar-refractivity contribution in [2.24, 2.45) is 0 Å². The number of nitrogens with zero attached hydrogens (tertiary/aromatic N) is 3. The summed E-state index contributed by atoms with van der Waals surface area (Å²) < 4.78 is 88.6. The van der Waals surface area contributed by atoms with Gasteiger partial charge < -0.3 is 9.69 Å². The van der Waals surface area contributed by atoms with E-state index in [4.69, 9.17) is 2.74 Å². The lowest BCUT2D eigenvalue weighted by molar-refractivity contribution is -0.137. The van der Waals surface area contributed by atoms with E-state index in [0.717, 1.165) is 31.4 Å². The van der Waals surface area contributed by atoms with Gasteiger partial charge in [-0.1, -0.05) is 56.0 Å². The van der Waals surface area contributed by atoms with Crippen molar-refractivity contribution in [1.29, 1.82) is 0 Å². The number of alkyl halides is 3. The van der Waals surface area contributed by atoms with Crippen molar-refractivity contribution in [2.75, 3.05) is 22.7 Å². The minimum atomic E-state index is -4.79. The summed E-state index contributed by atoms with van der Waals surface area (Å²) in [5, 5.41) is -0.323. The fourth-order valence-electron chi connectivity index (χ4n) is 4.76. The highest BCUT2D eigenvalue weighted by atomic mass is 32.2. The molecule has 41 heavy (non-hydrogen) atoms. The van der Waals surface area contributed by atoms with Crippen LogP contribution in [0.1, 0.15) is 72.1 Å². The molecule has 3 heterocycles. The number of hydrogen-bond acceptors (Lipinski definition) is 6. The monoisotopic (exact) mass is 590 g/mol. The number of rotatable bonds is 4. The molecule has 4 rings (SSSR count). The minimum Gasteiger partial charge on any atom is -0.357 e. The minimum absolute atomic E-state index is 0.0469. The Morgan fingerprint density at radius 3 is 2.54 bits per heavy atom. The molecular weight excluding hydrogens is 553 g/mol. The zero-order chi connectivity index (χ0) is 31.3. The molecule has 7 nitrogen and oxygen atoms in total. The topological polar surface area (TPSA) is 92.3 Å². The number of aryl methyl sites for hydroxylation is 1. The third kappa shape index (κ3) is 8.28. The zero-order valence-electron chi connectivity index (χ0n) is 24.9. The van der Waals surface area contributed by atoms with Gasteiger partial charge in [0, 0.05) is 27.8 Å². The molecule has 0 radical (unpaired) electrons. The first-order chi connectivity index (χ1) is 20.2.